The molecule has 1 aliphatic rings. The Morgan fingerprint density at radius 1 is 1.50 bits per heavy atom. The minimum Gasteiger partial charge on any atom is -0.409 e. The lowest BCUT2D eigenvalue weighted by Gasteiger charge is -2.38. The van der Waals surface area contributed by atoms with Crippen molar-refractivity contribution in [3.63, 3.8) is 0 Å². The first kappa shape index (κ1) is 15.2. The highest BCUT2D eigenvalue weighted by atomic mass is 79.9. The first-order valence-electron chi connectivity index (χ1n) is 7.21. The molecule has 1 heterocycles. The fourth-order valence-electron chi connectivity index (χ4n) is 2.92. The summed E-state index contributed by atoms with van der Waals surface area (Å²) in [4.78, 5) is 2.49. The van der Waals surface area contributed by atoms with E-state index in [-0.39, 0.29) is 5.84 Å². The Hall–Kier alpha value is -1.23. The highest BCUT2D eigenvalue weighted by Gasteiger charge is 2.22. The molecule has 1 unspecified atom stereocenters. The van der Waals surface area contributed by atoms with Crippen molar-refractivity contribution in [3.05, 3.63) is 28.2 Å². The molecule has 1 aromatic rings. The van der Waals surface area contributed by atoms with Gasteiger partial charge >= 0.3 is 0 Å². The van der Waals surface area contributed by atoms with Gasteiger partial charge in [-0.05, 0) is 59.8 Å². The molecule has 1 saturated heterocycles. The maximum atomic E-state index is 8.77. The molecule has 0 bridgehead atoms. The van der Waals surface area contributed by atoms with Crippen LogP contribution in [0.25, 0.3) is 0 Å². The predicted molar refractivity (Wildman–Crippen MR) is 86.5 cm³/mol. The van der Waals surface area contributed by atoms with Gasteiger partial charge in [0, 0.05) is 28.3 Å². The van der Waals surface area contributed by atoms with Crippen LogP contribution < -0.4 is 10.6 Å². The Labute approximate surface area is 128 Å². The van der Waals surface area contributed by atoms with E-state index in [9.17, 15) is 0 Å². The molecule has 20 heavy (non-hydrogen) atoms. The molecule has 2 rings (SSSR count). The average Bonchev–Trinajstić information content (AvgIpc) is 2.47. The molecule has 1 atom stereocenters. The van der Waals surface area contributed by atoms with Crippen LogP contribution in [-0.4, -0.2) is 23.6 Å². The van der Waals surface area contributed by atoms with Crippen molar-refractivity contribution in [2.24, 2.45) is 10.9 Å². The molecule has 110 valence electrons. The second kappa shape index (κ2) is 6.97. The summed E-state index contributed by atoms with van der Waals surface area (Å²) in [5.41, 5.74) is 7.59. The molecule has 1 fully saturated rings. The summed E-state index contributed by atoms with van der Waals surface area (Å²) < 4.78 is 0.867. The summed E-state index contributed by atoms with van der Waals surface area (Å²) in [6.45, 7) is 3.35. The van der Waals surface area contributed by atoms with Crippen molar-refractivity contribution in [2.45, 2.75) is 45.1 Å². The van der Waals surface area contributed by atoms with Gasteiger partial charge in [0.25, 0.3) is 0 Å². The molecular formula is C15H22BrN3O. The third-order valence-corrected chi connectivity index (χ3v) is 4.57. The van der Waals surface area contributed by atoms with E-state index >= 15 is 0 Å². The van der Waals surface area contributed by atoms with Gasteiger partial charge in [-0.2, -0.15) is 0 Å². The van der Waals surface area contributed by atoms with Crippen LogP contribution in [0.1, 0.15) is 44.6 Å². The molecular weight excluding hydrogens is 318 g/mol. The van der Waals surface area contributed by atoms with Gasteiger partial charge in [0.05, 0.1) is 0 Å². The van der Waals surface area contributed by atoms with Gasteiger partial charge < -0.3 is 15.8 Å². The summed E-state index contributed by atoms with van der Waals surface area (Å²) in [5.74, 6) is 0.132. The number of rotatable bonds is 4. The van der Waals surface area contributed by atoms with Crippen molar-refractivity contribution in [3.8, 4) is 0 Å². The van der Waals surface area contributed by atoms with Gasteiger partial charge in [-0.3, -0.25) is 0 Å². The summed E-state index contributed by atoms with van der Waals surface area (Å²) in [6.07, 6.45) is 6.29. The van der Waals surface area contributed by atoms with Gasteiger partial charge in [-0.15, -0.1) is 0 Å². The molecule has 0 aromatic heterocycles. The Bertz CT molecular complexity index is 488. The van der Waals surface area contributed by atoms with E-state index < -0.39 is 0 Å². The van der Waals surface area contributed by atoms with Crippen molar-refractivity contribution >= 4 is 27.5 Å². The second-order valence-electron chi connectivity index (χ2n) is 5.28. The van der Waals surface area contributed by atoms with E-state index in [0.717, 1.165) is 16.6 Å². The average molecular weight is 340 g/mol. The standard InChI is InChI=1S/C15H22BrN3O/c1-2-5-11-6-3-4-9-19(11)12-7-8-13(14(16)10-12)15(17)18-20/h7-8,10-11,20H,2-6,9H2,1H3,(H2,17,18). The molecule has 1 aliphatic heterocycles. The fourth-order valence-corrected chi connectivity index (χ4v) is 3.49. The van der Waals surface area contributed by atoms with Crippen LogP contribution in [0, 0.1) is 0 Å². The van der Waals surface area contributed by atoms with Crippen molar-refractivity contribution in [1.82, 2.24) is 0 Å². The number of hydrogen-bond acceptors (Lipinski definition) is 3. The molecule has 0 aliphatic carbocycles. The molecule has 1 aromatic carbocycles. The number of benzene rings is 1. The quantitative estimate of drug-likeness (QED) is 0.380. The number of amidine groups is 1. The third kappa shape index (κ3) is 3.26. The zero-order valence-corrected chi connectivity index (χ0v) is 13.4. The third-order valence-electron chi connectivity index (χ3n) is 3.92. The van der Waals surface area contributed by atoms with Crippen LogP contribution in [0.3, 0.4) is 0 Å². The van der Waals surface area contributed by atoms with Gasteiger partial charge in [0.15, 0.2) is 5.84 Å². The van der Waals surface area contributed by atoms with Gasteiger partial charge in [-0.1, -0.05) is 18.5 Å². The van der Waals surface area contributed by atoms with Gasteiger partial charge in [0.2, 0.25) is 0 Å². The van der Waals surface area contributed by atoms with E-state index in [1.165, 1.54) is 37.8 Å². The number of piperidine rings is 1. The summed E-state index contributed by atoms with van der Waals surface area (Å²) in [6, 6.07) is 6.68. The Balaban J connectivity index is 2.25. The highest BCUT2D eigenvalue weighted by molar-refractivity contribution is 9.10. The molecule has 0 amide bonds. The van der Waals surface area contributed by atoms with Crippen molar-refractivity contribution in [2.75, 3.05) is 11.4 Å². The molecule has 5 heteroatoms. The lowest BCUT2D eigenvalue weighted by Crippen LogP contribution is -2.39. The van der Waals surface area contributed by atoms with Crippen LogP contribution in [0.15, 0.2) is 27.8 Å². The summed E-state index contributed by atoms with van der Waals surface area (Å²) in [5, 5.41) is 11.8. The molecule has 3 N–H and O–H groups in total. The van der Waals surface area contributed by atoms with E-state index in [2.05, 4.69) is 45.0 Å². The first-order valence-corrected chi connectivity index (χ1v) is 8.00. The topological polar surface area (TPSA) is 61.8 Å². The monoisotopic (exact) mass is 339 g/mol. The Kier molecular flexibility index (Phi) is 5.29. The van der Waals surface area contributed by atoms with E-state index in [0.29, 0.717) is 6.04 Å². The maximum absolute atomic E-state index is 8.77. The zero-order chi connectivity index (χ0) is 14.5. The SMILES string of the molecule is CCCC1CCCCN1c1ccc(/C(N)=N/O)c(Br)c1. The minimum absolute atomic E-state index is 0.132. The normalized spacial score (nSPS) is 20.2. The van der Waals surface area contributed by atoms with E-state index in [4.69, 9.17) is 10.9 Å². The van der Waals surface area contributed by atoms with Crippen molar-refractivity contribution < 1.29 is 5.21 Å². The first-order chi connectivity index (χ1) is 9.67. The van der Waals surface area contributed by atoms with Gasteiger partial charge in [0.1, 0.15) is 0 Å². The minimum atomic E-state index is 0.132. The molecule has 0 radical (unpaired) electrons. The smallest absolute Gasteiger partial charge is 0.171 e. The molecule has 0 saturated carbocycles. The predicted octanol–water partition coefficient (Wildman–Crippen LogP) is 3.70. The van der Waals surface area contributed by atoms with Crippen LogP contribution in [0.2, 0.25) is 0 Å². The van der Waals surface area contributed by atoms with E-state index in [1.807, 2.05) is 6.07 Å². The number of hydrogen-bond donors (Lipinski definition) is 2. The number of nitrogens with zero attached hydrogens (tertiary/aromatic N) is 2. The maximum Gasteiger partial charge on any atom is 0.171 e. The number of anilines is 1. The largest absolute Gasteiger partial charge is 0.409 e. The van der Waals surface area contributed by atoms with E-state index in [1.54, 1.807) is 0 Å². The second-order valence-corrected chi connectivity index (χ2v) is 6.14. The van der Waals surface area contributed by atoms with Crippen LogP contribution in [0.4, 0.5) is 5.69 Å². The molecule has 4 nitrogen and oxygen atoms in total. The highest BCUT2D eigenvalue weighted by Crippen LogP contribution is 2.30. The number of oxime groups is 1. The van der Waals surface area contributed by atoms with Crippen LogP contribution >= 0.6 is 15.9 Å². The lowest BCUT2D eigenvalue weighted by molar-refractivity contribution is 0.318. The van der Waals surface area contributed by atoms with Crippen LogP contribution in [0.5, 0.6) is 0 Å². The van der Waals surface area contributed by atoms with Crippen LogP contribution in [-0.2, 0) is 0 Å². The summed E-state index contributed by atoms with van der Waals surface area (Å²) in [7, 11) is 0. The molecule has 0 spiro atoms. The fraction of sp³-hybridized carbons (Fsp3) is 0.533. The Morgan fingerprint density at radius 3 is 2.95 bits per heavy atom. The zero-order valence-electron chi connectivity index (χ0n) is 11.8. The number of nitrogens with two attached hydrogens (primary N) is 1. The Morgan fingerprint density at radius 2 is 2.30 bits per heavy atom. The summed E-state index contributed by atoms with van der Waals surface area (Å²) >= 11 is 3.52. The van der Waals surface area contributed by atoms with Crippen molar-refractivity contribution in [1.29, 1.82) is 0 Å². The number of halogens is 1. The van der Waals surface area contributed by atoms with Gasteiger partial charge in [-0.25, -0.2) is 0 Å². The lowest BCUT2D eigenvalue weighted by atomic mass is 9.97.